The van der Waals surface area contributed by atoms with Crippen LogP contribution in [0.1, 0.15) is 18.4 Å². The fourth-order valence-electron chi connectivity index (χ4n) is 3.16. The van der Waals surface area contributed by atoms with Crippen molar-refractivity contribution in [3.05, 3.63) is 52.5 Å². The number of hydrogen-bond donors (Lipinski definition) is 1. The molecule has 1 atom stereocenters. The molecule has 1 saturated heterocycles. The van der Waals surface area contributed by atoms with Crippen LogP contribution in [-0.4, -0.2) is 38.3 Å². The number of hydrogen-bond acceptors (Lipinski definition) is 4. The Balaban J connectivity index is 1.86. The van der Waals surface area contributed by atoms with Gasteiger partial charge in [-0.25, -0.2) is 8.42 Å². The van der Waals surface area contributed by atoms with Crippen LogP contribution in [0.25, 0.3) is 0 Å². The van der Waals surface area contributed by atoms with Gasteiger partial charge in [-0.1, -0.05) is 22.0 Å². The number of rotatable bonds is 5. The van der Waals surface area contributed by atoms with Gasteiger partial charge >= 0.3 is 0 Å². The molecule has 0 aromatic heterocycles. The number of nitrogens with zero attached hydrogens (tertiary/aromatic N) is 1. The molecule has 0 radical (unpaired) electrons. The maximum Gasteiger partial charge on any atom is 0.244 e. The molecule has 0 aliphatic carbocycles. The molecule has 2 aromatic carbocycles. The van der Waals surface area contributed by atoms with Crippen LogP contribution < -0.4 is 10.1 Å². The van der Waals surface area contributed by atoms with Crippen molar-refractivity contribution in [2.24, 2.45) is 0 Å². The molecule has 1 N–H and O–H groups in total. The number of nitrogens with one attached hydrogen (secondary N) is 1. The quantitative estimate of drug-likeness (QED) is 0.752. The summed E-state index contributed by atoms with van der Waals surface area (Å²) in [6.07, 6.45) is 1.13. The van der Waals surface area contributed by atoms with Crippen LogP contribution in [0.4, 0.5) is 5.69 Å². The molecule has 1 fully saturated rings. The van der Waals surface area contributed by atoms with Crippen molar-refractivity contribution >= 4 is 37.5 Å². The minimum Gasteiger partial charge on any atom is -0.497 e. The van der Waals surface area contributed by atoms with Gasteiger partial charge in [-0.05, 0) is 55.7 Å². The van der Waals surface area contributed by atoms with Gasteiger partial charge in [0.25, 0.3) is 0 Å². The van der Waals surface area contributed by atoms with Crippen LogP contribution in [0.2, 0.25) is 0 Å². The largest absolute Gasteiger partial charge is 0.497 e. The van der Waals surface area contributed by atoms with E-state index in [2.05, 4.69) is 21.2 Å². The van der Waals surface area contributed by atoms with Gasteiger partial charge in [-0.3, -0.25) is 4.79 Å². The Morgan fingerprint density at radius 1 is 1.22 bits per heavy atom. The number of ether oxygens (including phenoxy) is 1. The molecule has 8 heteroatoms. The minimum atomic E-state index is -3.81. The Labute approximate surface area is 167 Å². The molecule has 27 heavy (non-hydrogen) atoms. The third-order valence-electron chi connectivity index (χ3n) is 4.60. The highest BCUT2D eigenvalue weighted by molar-refractivity contribution is 9.10. The zero-order valence-corrected chi connectivity index (χ0v) is 17.5. The van der Waals surface area contributed by atoms with Gasteiger partial charge in [0.2, 0.25) is 15.9 Å². The normalized spacial score (nSPS) is 17.7. The highest BCUT2D eigenvalue weighted by atomic mass is 79.9. The van der Waals surface area contributed by atoms with Crippen molar-refractivity contribution < 1.29 is 17.9 Å². The highest BCUT2D eigenvalue weighted by Gasteiger charge is 2.40. The number of aryl methyl sites for hydroxylation is 1. The summed E-state index contributed by atoms with van der Waals surface area (Å²) in [5.74, 6) is 0.146. The number of carbonyl (C=O) groups excluding carboxylic acids is 1. The Kier molecular flexibility index (Phi) is 5.88. The Morgan fingerprint density at radius 3 is 2.59 bits per heavy atom. The molecular weight excluding hydrogens is 432 g/mol. The summed E-state index contributed by atoms with van der Waals surface area (Å²) in [6, 6.07) is 11.4. The van der Waals surface area contributed by atoms with E-state index >= 15 is 0 Å². The predicted molar refractivity (Wildman–Crippen MR) is 107 cm³/mol. The van der Waals surface area contributed by atoms with E-state index in [9.17, 15) is 13.2 Å². The first-order valence-corrected chi connectivity index (χ1v) is 10.8. The maximum absolute atomic E-state index is 13.2. The van der Waals surface area contributed by atoms with Crippen molar-refractivity contribution in [1.82, 2.24) is 4.31 Å². The molecule has 1 aliphatic heterocycles. The van der Waals surface area contributed by atoms with Crippen LogP contribution in [0.5, 0.6) is 5.75 Å². The molecule has 1 aliphatic rings. The second-order valence-electron chi connectivity index (χ2n) is 6.40. The summed E-state index contributed by atoms with van der Waals surface area (Å²) in [5, 5.41) is 2.81. The summed E-state index contributed by atoms with van der Waals surface area (Å²) in [7, 11) is -2.32. The number of methoxy groups -OCH3 is 1. The summed E-state index contributed by atoms with van der Waals surface area (Å²) < 4.78 is 33.8. The van der Waals surface area contributed by atoms with Crippen molar-refractivity contribution in [1.29, 1.82) is 0 Å². The first-order chi connectivity index (χ1) is 12.8. The Hall–Kier alpha value is -1.90. The SMILES string of the molecule is COc1ccc(C)c(S(=O)(=O)N2CCCC2C(=O)Nc2ccc(Br)cc2)c1. The second kappa shape index (κ2) is 8.00. The van der Waals surface area contributed by atoms with Gasteiger partial charge in [0.05, 0.1) is 12.0 Å². The highest BCUT2D eigenvalue weighted by Crippen LogP contribution is 2.30. The van der Waals surface area contributed by atoms with Crippen molar-refractivity contribution in [3.63, 3.8) is 0 Å². The number of benzene rings is 2. The van der Waals surface area contributed by atoms with Gasteiger partial charge in [-0.15, -0.1) is 0 Å². The topological polar surface area (TPSA) is 75.7 Å². The van der Waals surface area contributed by atoms with Crippen LogP contribution >= 0.6 is 15.9 Å². The molecule has 1 heterocycles. The second-order valence-corrected chi connectivity index (χ2v) is 9.18. The van der Waals surface area contributed by atoms with E-state index in [4.69, 9.17) is 4.74 Å². The van der Waals surface area contributed by atoms with E-state index in [1.54, 1.807) is 31.2 Å². The smallest absolute Gasteiger partial charge is 0.244 e. The van der Waals surface area contributed by atoms with Gasteiger partial charge in [0.1, 0.15) is 11.8 Å². The number of sulfonamides is 1. The number of amides is 1. The van der Waals surface area contributed by atoms with Crippen molar-refractivity contribution in [2.75, 3.05) is 19.0 Å². The molecule has 1 amide bonds. The molecule has 2 aromatic rings. The summed E-state index contributed by atoms with van der Waals surface area (Å²) in [6.45, 7) is 2.05. The van der Waals surface area contributed by atoms with Crippen LogP contribution in [0, 0.1) is 6.92 Å². The maximum atomic E-state index is 13.2. The van der Waals surface area contributed by atoms with E-state index in [0.29, 0.717) is 36.4 Å². The fraction of sp³-hybridized carbons (Fsp3) is 0.316. The van der Waals surface area contributed by atoms with Crippen LogP contribution in [0.15, 0.2) is 51.8 Å². The summed E-state index contributed by atoms with van der Waals surface area (Å²) in [4.78, 5) is 12.9. The molecule has 0 bridgehead atoms. The average molecular weight is 453 g/mol. The molecule has 6 nitrogen and oxygen atoms in total. The van der Waals surface area contributed by atoms with Crippen molar-refractivity contribution in [3.8, 4) is 5.75 Å². The zero-order valence-electron chi connectivity index (χ0n) is 15.1. The van der Waals surface area contributed by atoms with Crippen molar-refractivity contribution in [2.45, 2.75) is 30.7 Å². The first kappa shape index (κ1) is 19.9. The van der Waals surface area contributed by atoms with Crippen LogP contribution in [0.3, 0.4) is 0 Å². The molecule has 0 spiro atoms. The third kappa shape index (κ3) is 4.17. The third-order valence-corrected chi connectivity index (χ3v) is 7.18. The van der Waals surface area contributed by atoms with E-state index in [1.165, 1.54) is 17.5 Å². The summed E-state index contributed by atoms with van der Waals surface area (Å²) >= 11 is 3.35. The average Bonchev–Trinajstić information content (AvgIpc) is 3.15. The standard InChI is InChI=1S/C19H21BrN2O4S/c1-13-5-10-16(26-2)12-18(13)27(24,25)22-11-3-4-17(22)19(23)21-15-8-6-14(20)7-9-15/h5-10,12,17H,3-4,11H2,1-2H3,(H,21,23). The number of halogens is 1. The zero-order chi connectivity index (χ0) is 19.6. The lowest BCUT2D eigenvalue weighted by atomic mass is 10.2. The molecule has 0 saturated carbocycles. The van der Waals surface area contributed by atoms with E-state index < -0.39 is 16.1 Å². The van der Waals surface area contributed by atoms with E-state index in [1.807, 2.05) is 12.1 Å². The van der Waals surface area contributed by atoms with E-state index in [0.717, 1.165) is 4.47 Å². The van der Waals surface area contributed by atoms with Gasteiger partial charge in [0.15, 0.2) is 0 Å². The Morgan fingerprint density at radius 2 is 1.93 bits per heavy atom. The number of carbonyl (C=O) groups is 1. The minimum absolute atomic E-state index is 0.171. The van der Waals surface area contributed by atoms with E-state index in [-0.39, 0.29) is 10.8 Å². The first-order valence-electron chi connectivity index (χ1n) is 8.56. The van der Waals surface area contributed by atoms with Gasteiger partial charge < -0.3 is 10.1 Å². The van der Waals surface area contributed by atoms with Gasteiger partial charge in [0, 0.05) is 22.8 Å². The molecule has 3 rings (SSSR count). The lowest BCUT2D eigenvalue weighted by Crippen LogP contribution is -2.43. The molecule has 144 valence electrons. The number of anilines is 1. The van der Waals surface area contributed by atoms with Gasteiger partial charge in [-0.2, -0.15) is 4.31 Å². The monoisotopic (exact) mass is 452 g/mol. The summed E-state index contributed by atoms with van der Waals surface area (Å²) in [5.41, 5.74) is 1.25. The fourth-order valence-corrected chi connectivity index (χ4v) is 5.32. The van der Waals surface area contributed by atoms with Crippen LogP contribution in [-0.2, 0) is 14.8 Å². The lowest BCUT2D eigenvalue weighted by Gasteiger charge is -2.24. The Bertz CT molecular complexity index is 945. The molecule has 1 unspecified atom stereocenters. The molecular formula is C19H21BrN2O4S. The lowest BCUT2D eigenvalue weighted by molar-refractivity contribution is -0.119. The predicted octanol–water partition coefficient (Wildman–Crippen LogP) is 3.56.